The van der Waals surface area contributed by atoms with E-state index >= 15 is 0 Å². The number of carbonyl (C=O) groups is 3. The summed E-state index contributed by atoms with van der Waals surface area (Å²) in [6, 6.07) is 34.6. The molecular formula is C55H68Cl2MnN15O15S2+. The minimum atomic E-state index is -4.08. The number of esters is 2. The second-order valence-corrected chi connectivity index (χ2v) is 20.8. The number of carbonyl (C=O) groups excluding carboxylic acids is 3. The summed E-state index contributed by atoms with van der Waals surface area (Å²) in [7, 11) is -5.36. The number of aldehydes is 1. The molecule has 0 saturated carbocycles. The Morgan fingerprint density at radius 2 is 1.08 bits per heavy atom. The minimum absolute atomic E-state index is 0.0260. The van der Waals surface area contributed by atoms with Crippen molar-refractivity contribution in [3.8, 4) is 0 Å². The fourth-order valence-electron chi connectivity index (χ4n) is 6.92. The molecule has 0 unspecified atom stereocenters. The van der Waals surface area contributed by atoms with Crippen molar-refractivity contribution in [3.05, 3.63) is 197 Å². The molecule has 0 aliphatic carbocycles. The van der Waals surface area contributed by atoms with Crippen LogP contribution in [0.3, 0.4) is 0 Å². The first-order valence-corrected chi connectivity index (χ1v) is 30.2. The van der Waals surface area contributed by atoms with Crippen LogP contribution in [0.4, 0.5) is 11.6 Å². The van der Waals surface area contributed by atoms with E-state index < -0.39 is 53.6 Å². The number of hydrogen-bond acceptors (Lipinski definition) is 25. The fourth-order valence-corrected chi connectivity index (χ4v) is 9.08. The van der Waals surface area contributed by atoms with Gasteiger partial charge in [0.2, 0.25) is 5.82 Å². The number of methoxy groups -OCH3 is 2. The van der Waals surface area contributed by atoms with Crippen LogP contribution in [-0.2, 0) is 78.6 Å². The third-order valence-corrected chi connectivity index (χ3v) is 13.4. The van der Waals surface area contributed by atoms with Crippen molar-refractivity contribution < 1.29 is 86.9 Å². The van der Waals surface area contributed by atoms with Crippen LogP contribution in [0.5, 0.6) is 0 Å². The summed E-state index contributed by atoms with van der Waals surface area (Å²) >= 11 is 9.10. The summed E-state index contributed by atoms with van der Waals surface area (Å²) in [5.41, 5.74) is 17.3. The molecule has 2 aromatic carbocycles. The van der Waals surface area contributed by atoms with Gasteiger partial charge in [-0.1, -0.05) is 65.7 Å². The molecule has 0 spiro atoms. The number of aromatic nitrogens is 11. The summed E-state index contributed by atoms with van der Waals surface area (Å²) in [5.74, 6) is 11.8. The van der Waals surface area contributed by atoms with Crippen molar-refractivity contribution in [1.29, 1.82) is 0 Å². The zero-order valence-corrected chi connectivity index (χ0v) is 54.0. The molecule has 8 aromatic heterocycles. The second kappa shape index (κ2) is 42.0. The monoisotopic (exact) mass is 1370 g/mol. The summed E-state index contributed by atoms with van der Waals surface area (Å²) in [5, 5.41) is 28.5. The number of halogens is 2. The van der Waals surface area contributed by atoms with Crippen LogP contribution in [0.25, 0.3) is 16.9 Å². The summed E-state index contributed by atoms with van der Waals surface area (Å²) in [6.07, 6.45) is 9.37. The number of nitrogens with two attached hydrogens (primary N) is 4. The van der Waals surface area contributed by atoms with Crippen LogP contribution in [0.15, 0.2) is 156 Å². The third kappa shape index (κ3) is 29.3. The van der Waals surface area contributed by atoms with Gasteiger partial charge in [0.15, 0.2) is 34.9 Å². The number of benzene rings is 2. The predicted octanol–water partition coefficient (Wildman–Crippen LogP) is 4.52. The summed E-state index contributed by atoms with van der Waals surface area (Å²) in [6.45, 7) is 9.91. The SMILES string of the molecule is COC(=O)CCl.COC(=O)CO.Cc1cc(C)c(S(=O)(=O)O)c(C)c1.Cc1cc(C)c(S(=O)(=O)ON)c(C)c1.ClCc1nc2ccccn2n1.Nc1cccc[n+]1N.Nc1ccccn1.O=Cc1nc2ccccn2n1.OCc1nc2ccccn2n1.[O]=[Mn]=[O]. The number of nitrogen functional groups attached to an aromatic ring is 3. The van der Waals surface area contributed by atoms with E-state index in [9.17, 15) is 31.2 Å². The number of rotatable bonds is 8. The van der Waals surface area contributed by atoms with Gasteiger partial charge in [-0.05, 0) is 118 Å². The molecular weight excluding hydrogens is 1300 g/mol. The average molecular weight is 1370 g/mol. The van der Waals surface area contributed by atoms with Gasteiger partial charge in [-0.2, -0.15) is 32.1 Å². The molecule has 10 aromatic rings. The molecule has 0 bridgehead atoms. The number of hydrogen-bond donors (Lipinski definition) is 7. The van der Waals surface area contributed by atoms with Crippen molar-refractivity contribution >= 4 is 90.2 Å². The number of nitrogens with zero attached hydrogens (tertiary/aromatic N) is 11. The molecule has 0 radical (unpaired) electrons. The zero-order valence-electron chi connectivity index (χ0n) is 49.7. The molecule has 30 nitrogen and oxygen atoms in total. The van der Waals surface area contributed by atoms with Crippen LogP contribution in [0, 0.1) is 41.5 Å². The van der Waals surface area contributed by atoms with Crippen molar-refractivity contribution in [2.24, 2.45) is 5.90 Å². The van der Waals surface area contributed by atoms with Crippen LogP contribution in [0.1, 0.15) is 55.6 Å². The van der Waals surface area contributed by atoms with Gasteiger partial charge in [0, 0.05) is 30.9 Å². The molecule has 90 heavy (non-hydrogen) atoms. The topological polar surface area (TPSA) is 453 Å². The van der Waals surface area contributed by atoms with Gasteiger partial charge in [0.05, 0.1) is 25.0 Å². The standard InChI is InChI=1S/C9H13NO3S.C9H12O3S.C7H6ClN3.C7H7N3O.C7H5N3O.C5H7N3.C5H6N2.C3H5ClO2.C3H6O3.Mn.2O/c1-6-4-7(2)9(8(3)5-6)14(11,12)13-10;1-6-4-7(2)9(8(3)5-6)13(10,11)12;8-5-6-9-7-3-1-2-4-11(7)10-6;2*11-5-6-8-7-3-1-2-4-10(7)9-6;6-5-3-1-2-4-8(5)7;6-5-3-1-2-4-7-5;2*1-6-3(5)2-4;;;/h4-5H,10H2,1-3H3;4-5H,1-3H3,(H,10,11,12);1-4H,5H2;1-4,11H,5H2;1-5H;1-4,6H,7H2;1-4H,(H2,6,7);2H2,1H3;4H,2H2,1H3;;;/p+1. The molecule has 0 saturated heterocycles. The Hall–Kier alpha value is -8.99. The number of aliphatic hydroxyl groups excluding tert-OH is 2. The normalized spacial score (nSPS) is 9.98. The van der Waals surface area contributed by atoms with E-state index in [0.29, 0.717) is 63.4 Å². The van der Waals surface area contributed by atoms with Gasteiger partial charge < -0.3 is 25.4 Å². The number of alkyl halides is 2. The van der Waals surface area contributed by atoms with Gasteiger partial charge in [0.1, 0.15) is 36.0 Å². The molecule has 0 fully saturated rings. The Kier molecular flexibility index (Phi) is 36.9. The van der Waals surface area contributed by atoms with E-state index in [-0.39, 0.29) is 28.1 Å². The molecule has 485 valence electrons. The van der Waals surface area contributed by atoms with E-state index in [4.69, 9.17) is 68.8 Å². The first kappa shape index (κ1) is 79.0. The van der Waals surface area contributed by atoms with Gasteiger partial charge in [0.25, 0.3) is 15.9 Å². The van der Waals surface area contributed by atoms with Crippen molar-refractivity contribution in [3.63, 3.8) is 0 Å². The van der Waals surface area contributed by atoms with E-state index in [1.165, 1.54) is 18.9 Å². The number of fused-ring (bicyclic) bond motifs is 3. The molecule has 10 rings (SSSR count). The van der Waals surface area contributed by atoms with Gasteiger partial charge in [-0.25, -0.2) is 38.3 Å². The van der Waals surface area contributed by atoms with Crippen LogP contribution in [0.2, 0.25) is 0 Å². The van der Waals surface area contributed by atoms with Gasteiger partial charge >= 0.3 is 44.5 Å². The predicted molar refractivity (Wildman–Crippen MR) is 326 cm³/mol. The number of anilines is 2. The Morgan fingerprint density at radius 1 is 0.644 bits per heavy atom. The number of aryl methyl sites for hydroxylation is 6. The van der Waals surface area contributed by atoms with Crippen molar-refractivity contribution in [2.45, 2.75) is 63.8 Å². The first-order chi connectivity index (χ1) is 42.6. The van der Waals surface area contributed by atoms with E-state index in [0.717, 1.165) is 22.4 Å². The van der Waals surface area contributed by atoms with Gasteiger partial charge in [-0.3, -0.25) is 25.7 Å². The first-order valence-electron chi connectivity index (χ1n) is 25.3. The molecule has 0 amide bonds. The molecule has 35 heteroatoms. The maximum atomic E-state index is 11.4. The molecule has 0 atom stereocenters. The molecule has 0 aliphatic rings. The Morgan fingerprint density at radius 3 is 1.38 bits per heavy atom. The molecule has 0 aliphatic heterocycles. The van der Waals surface area contributed by atoms with Crippen LogP contribution in [-0.4, -0.2) is 125 Å². The third-order valence-electron chi connectivity index (χ3n) is 10.3. The van der Waals surface area contributed by atoms with Crippen molar-refractivity contribution in [1.82, 2.24) is 48.8 Å². The number of pyridine rings is 5. The van der Waals surface area contributed by atoms with Gasteiger partial charge in [-0.15, -0.1) is 38.1 Å². The Bertz CT molecular complexity index is 3840. The Balaban J connectivity index is 0.000000510. The Labute approximate surface area is 533 Å². The van der Waals surface area contributed by atoms with E-state index in [1.54, 1.807) is 108 Å². The summed E-state index contributed by atoms with van der Waals surface area (Å²) < 4.78 is 88.8. The average Bonchev–Trinajstić information content (AvgIpc) is 1.64. The fraction of sp³-hybridized carbons (Fsp3) is 0.218. The van der Waals surface area contributed by atoms with Crippen LogP contribution < -0.4 is 27.9 Å². The van der Waals surface area contributed by atoms with Crippen LogP contribution >= 0.6 is 23.2 Å². The summed E-state index contributed by atoms with van der Waals surface area (Å²) in [4.78, 5) is 45.8. The maximum absolute atomic E-state index is 11.4. The second-order valence-electron chi connectivity index (χ2n) is 17.2. The molecule has 8 heterocycles. The van der Waals surface area contributed by atoms with E-state index in [1.807, 2.05) is 92.8 Å². The number of ether oxygens (including phenoxy) is 2. The zero-order chi connectivity index (χ0) is 68.0. The number of aliphatic hydroxyl groups is 2. The van der Waals surface area contributed by atoms with E-state index in [2.05, 4.69) is 49.0 Å². The van der Waals surface area contributed by atoms with Crippen molar-refractivity contribution in [2.75, 3.05) is 44.0 Å². The molecule has 11 N–H and O–H groups in total. The quantitative estimate of drug-likeness (QED) is 0.0161.